The van der Waals surface area contributed by atoms with E-state index in [1.807, 2.05) is 24.4 Å². The van der Waals surface area contributed by atoms with E-state index in [9.17, 15) is 4.79 Å². The Kier molecular flexibility index (Phi) is 5.38. The predicted molar refractivity (Wildman–Crippen MR) is 88.2 cm³/mol. The number of amides is 1. The Labute approximate surface area is 134 Å². The number of carbonyl (C=O) groups is 1. The molecule has 1 amide bonds. The van der Waals surface area contributed by atoms with Crippen LogP contribution in [-0.2, 0) is 6.54 Å². The highest BCUT2D eigenvalue weighted by atomic mass is 79.9. The van der Waals surface area contributed by atoms with Crippen molar-refractivity contribution >= 4 is 44.5 Å². The summed E-state index contributed by atoms with van der Waals surface area (Å²) in [5.41, 5.74) is 6.37. The maximum Gasteiger partial charge on any atom is 0.261 e. The summed E-state index contributed by atoms with van der Waals surface area (Å²) in [4.78, 5) is 14.8. The molecule has 3 N–H and O–H groups in total. The van der Waals surface area contributed by atoms with Crippen LogP contribution in [0.4, 0.5) is 0 Å². The second-order valence-electron chi connectivity index (χ2n) is 4.00. The fourth-order valence-electron chi connectivity index (χ4n) is 1.55. The van der Waals surface area contributed by atoms with Gasteiger partial charge in [-0.2, -0.15) is 0 Å². The normalized spacial score (nSPS) is 9.95. The average Bonchev–Trinajstić information content (AvgIpc) is 3.00. The lowest BCUT2D eigenvalue weighted by Crippen LogP contribution is -2.21. The van der Waals surface area contributed by atoms with E-state index in [0.717, 1.165) is 19.8 Å². The van der Waals surface area contributed by atoms with Gasteiger partial charge in [0.1, 0.15) is 0 Å². The number of nitrogens with two attached hydrogens (primary N) is 1. The van der Waals surface area contributed by atoms with E-state index in [-0.39, 0.29) is 5.91 Å². The van der Waals surface area contributed by atoms with Gasteiger partial charge in [0.15, 0.2) is 0 Å². The zero-order valence-electron chi connectivity index (χ0n) is 10.8. The second-order valence-corrected chi connectivity index (χ2v) is 6.91. The van der Waals surface area contributed by atoms with Crippen molar-refractivity contribution in [1.82, 2.24) is 5.32 Å². The summed E-state index contributed by atoms with van der Waals surface area (Å²) in [6.07, 6.45) is 0. The molecular formula is C14H13BrN2OS2. The molecule has 0 unspecified atom stereocenters. The molecule has 6 heteroatoms. The first-order chi connectivity index (χ1) is 9.61. The summed E-state index contributed by atoms with van der Waals surface area (Å²) >= 11 is 6.46. The van der Waals surface area contributed by atoms with Crippen molar-refractivity contribution in [3.8, 4) is 11.8 Å². The van der Waals surface area contributed by atoms with Gasteiger partial charge in [0.05, 0.1) is 22.8 Å². The highest BCUT2D eigenvalue weighted by molar-refractivity contribution is 9.10. The largest absolute Gasteiger partial charge is 0.346 e. The van der Waals surface area contributed by atoms with Crippen molar-refractivity contribution in [2.75, 3.05) is 6.54 Å². The summed E-state index contributed by atoms with van der Waals surface area (Å²) in [6.45, 7) is 2.80. The summed E-state index contributed by atoms with van der Waals surface area (Å²) in [5, 5.41) is 4.91. The number of carbonyl (C=O) groups excluding carboxylic acids is 1. The Bertz CT molecular complexity index is 679. The molecule has 0 radical (unpaired) electrons. The molecule has 0 saturated heterocycles. The second kappa shape index (κ2) is 7.04. The number of aryl methyl sites for hydroxylation is 1. The third kappa shape index (κ3) is 3.70. The lowest BCUT2D eigenvalue weighted by Gasteiger charge is -2.01. The standard InChI is InChI=1S/C14H13BrN2OS2/c1-9-7-12(20-11(9)3-2-5-16)14(18)17-8-13-10(15)4-6-19-13/h4,6-7H,5,8,16H2,1H3,(H,17,18). The number of hydrogen-bond donors (Lipinski definition) is 2. The molecule has 0 spiro atoms. The Morgan fingerprint density at radius 2 is 2.35 bits per heavy atom. The van der Waals surface area contributed by atoms with Crippen LogP contribution in [0.3, 0.4) is 0 Å². The molecule has 0 fully saturated rings. The SMILES string of the molecule is Cc1cc(C(=O)NCc2sccc2Br)sc1C#CCN. The number of hydrogen-bond acceptors (Lipinski definition) is 4. The van der Waals surface area contributed by atoms with Crippen molar-refractivity contribution in [1.29, 1.82) is 0 Å². The fourth-order valence-corrected chi connectivity index (χ4v) is 3.94. The molecule has 2 rings (SSSR count). The zero-order chi connectivity index (χ0) is 14.5. The maximum atomic E-state index is 12.1. The monoisotopic (exact) mass is 368 g/mol. The van der Waals surface area contributed by atoms with E-state index in [4.69, 9.17) is 5.73 Å². The van der Waals surface area contributed by atoms with E-state index >= 15 is 0 Å². The molecule has 0 aromatic carbocycles. The van der Waals surface area contributed by atoms with Gasteiger partial charge in [-0.1, -0.05) is 11.8 Å². The third-order valence-corrected chi connectivity index (χ3v) is 5.62. The Morgan fingerprint density at radius 3 is 3.00 bits per heavy atom. The smallest absolute Gasteiger partial charge is 0.261 e. The number of nitrogens with one attached hydrogen (secondary N) is 1. The van der Waals surface area contributed by atoms with Crippen LogP contribution in [0, 0.1) is 18.8 Å². The van der Waals surface area contributed by atoms with Gasteiger partial charge in [0, 0.05) is 9.35 Å². The molecule has 0 aliphatic rings. The topological polar surface area (TPSA) is 55.1 Å². The molecule has 104 valence electrons. The van der Waals surface area contributed by atoms with Crippen LogP contribution in [0.1, 0.15) is 25.0 Å². The minimum absolute atomic E-state index is 0.0702. The van der Waals surface area contributed by atoms with Gasteiger partial charge in [-0.15, -0.1) is 22.7 Å². The minimum atomic E-state index is -0.0702. The number of halogens is 1. The van der Waals surface area contributed by atoms with Gasteiger partial charge in [-0.3, -0.25) is 4.79 Å². The molecule has 2 heterocycles. The van der Waals surface area contributed by atoms with Gasteiger partial charge in [0.25, 0.3) is 5.91 Å². The van der Waals surface area contributed by atoms with Gasteiger partial charge in [0.2, 0.25) is 0 Å². The van der Waals surface area contributed by atoms with Crippen molar-refractivity contribution in [2.45, 2.75) is 13.5 Å². The van der Waals surface area contributed by atoms with E-state index in [2.05, 4.69) is 33.1 Å². The van der Waals surface area contributed by atoms with Gasteiger partial charge < -0.3 is 11.1 Å². The predicted octanol–water partition coefficient (Wildman–Crippen LogP) is 3.12. The molecule has 0 atom stereocenters. The van der Waals surface area contributed by atoms with Crippen LogP contribution in [0.15, 0.2) is 22.0 Å². The van der Waals surface area contributed by atoms with Crippen LogP contribution >= 0.6 is 38.6 Å². The summed E-state index contributed by atoms with van der Waals surface area (Å²) < 4.78 is 1.03. The fraction of sp³-hybridized carbons (Fsp3) is 0.214. The first kappa shape index (κ1) is 15.3. The van der Waals surface area contributed by atoms with Crippen molar-refractivity contribution in [3.63, 3.8) is 0 Å². The van der Waals surface area contributed by atoms with Crippen LogP contribution < -0.4 is 11.1 Å². The highest BCUT2D eigenvalue weighted by Crippen LogP contribution is 2.23. The van der Waals surface area contributed by atoms with E-state index in [1.54, 1.807) is 11.3 Å². The van der Waals surface area contributed by atoms with Gasteiger partial charge >= 0.3 is 0 Å². The van der Waals surface area contributed by atoms with Crippen LogP contribution in [0.25, 0.3) is 0 Å². The van der Waals surface area contributed by atoms with Crippen LogP contribution in [-0.4, -0.2) is 12.5 Å². The third-order valence-electron chi connectivity index (χ3n) is 2.55. The molecule has 3 nitrogen and oxygen atoms in total. The molecule has 0 aliphatic heterocycles. The number of thiophene rings is 2. The zero-order valence-corrected chi connectivity index (χ0v) is 14.0. The summed E-state index contributed by atoms with van der Waals surface area (Å²) in [6, 6.07) is 3.84. The molecule has 0 saturated carbocycles. The van der Waals surface area contributed by atoms with Gasteiger partial charge in [-0.25, -0.2) is 0 Å². The van der Waals surface area contributed by atoms with E-state index in [1.165, 1.54) is 11.3 Å². The van der Waals surface area contributed by atoms with E-state index in [0.29, 0.717) is 18.0 Å². The van der Waals surface area contributed by atoms with Gasteiger partial charge in [-0.05, 0) is 45.9 Å². The maximum absolute atomic E-state index is 12.1. The quantitative estimate of drug-likeness (QED) is 0.817. The average molecular weight is 369 g/mol. The Hall–Kier alpha value is -1.13. The highest BCUT2D eigenvalue weighted by Gasteiger charge is 2.12. The van der Waals surface area contributed by atoms with Crippen LogP contribution in [0.2, 0.25) is 0 Å². The Morgan fingerprint density at radius 1 is 1.55 bits per heavy atom. The molecule has 0 aliphatic carbocycles. The molecular weight excluding hydrogens is 356 g/mol. The molecule has 20 heavy (non-hydrogen) atoms. The lowest BCUT2D eigenvalue weighted by atomic mass is 10.2. The first-order valence-electron chi connectivity index (χ1n) is 5.91. The van der Waals surface area contributed by atoms with Crippen LogP contribution in [0.5, 0.6) is 0 Å². The molecule has 0 bridgehead atoms. The first-order valence-corrected chi connectivity index (χ1v) is 8.40. The summed E-state index contributed by atoms with van der Waals surface area (Å²) in [7, 11) is 0. The molecule has 2 aromatic heterocycles. The van der Waals surface area contributed by atoms with Crippen molar-refractivity contribution in [3.05, 3.63) is 42.2 Å². The molecule has 2 aromatic rings. The van der Waals surface area contributed by atoms with E-state index < -0.39 is 0 Å². The van der Waals surface area contributed by atoms with Crippen molar-refractivity contribution < 1.29 is 4.79 Å². The minimum Gasteiger partial charge on any atom is -0.346 e. The number of rotatable bonds is 3. The lowest BCUT2D eigenvalue weighted by molar-refractivity contribution is 0.0955. The Balaban J connectivity index is 2.04. The summed E-state index contributed by atoms with van der Waals surface area (Å²) in [5.74, 6) is 5.73. The van der Waals surface area contributed by atoms with Crippen molar-refractivity contribution in [2.24, 2.45) is 5.73 Å².